The first-order valence-electron chi connectivity index (χ1n) is 8.46. The van der Waals surface area contributed by atoms with Crippen molar-refractivity contribution in [3.63, 3.8) is 0 Å². The summed E-state index contributed by atoms with van der Waals surface area (Å²) in [6, 6.07) is 18.1. The maximum Gasteiger partial charge on any atom is 0.241 e. The predicted molar refractivity (Wildman–Crippen MR) is 98.2 cm³/mol. The molecule has 0 aromatic heterocycles. The van der Waals surface area contributed by atoms with Gasteiger partial charge in [0.15, 0.2) is 0 Å². The number of aryl methyl sites for hydroxylation is 1. The third-order valence-corrected chi connectivity index (χ3v) is 4.57. The molecule has 130 valence electrons. The largest absolute Gasteiger partial charge is 0.369 e. The van der Waals surface area contributed by atoms with Gasteiger partial charge in [-0.15, -0.1) is 0 Å². The van der Waals surface area contributed by atoms with Gasteiger partial charge in [0.2, 0.25) is 11.8 Å². The van der Waals surface area contributed by atoms with E-state index in [1.807, 2.05) is 59.2 Å². The molecule has 2 N–H and O–H groups in total. The van der Waals surface area contributed by atoms with E-state index in [1.165, 1.54) is 5.56 Å². The van der Waals surface area contributed by atoms with Gasteiger partial charge >= 0.3 is 0 Å². The van der Waals surface area contributed by atoms with Gasteiger partial charge in [0, 0.05) is 18.3 Å². The summed E-state index contributed by atoms with van der Waals surface area (Å²) >= 11 is 0. The smallest absolute Gasteiger partial charge is 0.241 e. The first kappa shape index (κ1) is 17.2. The van der Waals surface area contributed by atoms with Gasteiger partial charge in [0.25, 0.3) is 0 Å². The highest BCUT2D eigenvalue weighted by molar-refractivity contribution is 5.96. The molecule has 0 bridgehead atoms. The Kier molecular flexibility index (Phi) is 5.14. The van der Waals surface area contributed by atoms with Crippen molar-refractivity contribution in [2.24, 2.45) is 5.73 Å². The van der Waals surface area contributed by atoms with E-state index < -0.39 is 5.91 Å². The number of primary amides is 1. The van der Waals surface area contributed by atoms with Crippen LogP contribution in [-0.4, -0.2) is 42.4 Å². The van der Waals surface area contributed by atoms with E-state index in [9.17, 15) is 9.59 Å². The van der Waals surface area contributed by atoms with Crippen molar-refractivity contribution >= 4 is 17.5 Å². The molecule has 1 fully saturated rings. The molecule has 1 heterocycles. The molecule has 1 saturated heterocycles. The quantitative estimate of drug-likeness (QED) is 0.904. The minimum absolute atomic E-state index is 0.00517. The number of carbonyl (C=O) groups is 2. The lowest BCUT2D eigenvalue weighted by molar-refractivity contribution is -0.125. The molecular formula is C20H23N3O2. The van der Waals surface area contributed by atoms with E-state index in [0.29, 0.717) is 6.54 Å². The standard InChI is InChI=1S/C20H23N3O2/c1-15-7-9-17(10-8-15)23-12-18(11-16-5-3-2-4-6-16)22(13-19(21)24)14-20(23)25/h2-10,18H,11-14H2,1H3,(H2,21,24). The topological polar surface area (TPSA) is 66.6 Å². The highest BCUT2D eigenvalue weighted by Gasteiger charge is 2.33. The summed E-state index contributed by atoms with van der Waals surface area (Å²) in [5, 5.41) is 0. The molecule has 1 atom stereocenters. The van der Waals surface area contributed by atoms with Crippen molar-refractivity contribution in [3.05, 3.63) is 65.7 Å². The highest BCUT2D eigenvalue weighted by atomic mass is 16.2. The van der Waals surface area contributed by atoms with Crippen molar-refractivity contribution in [1.82, 2.24) is 4.90 Å². The van der Waals surface area contributed by atoms with Crippen LogP contribution in [0.3, 0.4) is 0 Å². The monoisotopic (exact) mass is 337 g/mol. The lowest BCUT2D eigenvalue weighted by Gasteiger charge is -2.40. The van der Waals surface area contributed by atoms with Crippen LogP contribution in [0.5, 0.6) is 0 Å². The van der Waals surface area contributed by atoms with E-state index in [4.69, 9.17) is 5.73 Å². The van der Waals surface area contributed by atoms with Crippen molar-refractivity contribution in [2.45, 2.75) is 19.4 Å². The van der Waals surface area contributed by atoms with Crippen LogP contribution in [0.15, 0.2) is 54.6 Å². The first-order chi connectivity index (χ1) is 12.0. The number of hydrogen-bond acceptors (Lipinski definition) is 3. The summed E-state index contributed by atoms with van der Waals surface area (Å²) < 4.78 is 0. The summed E-state index contributed by atoms with van der Waals surface area (Å²) in [5.41, 5.74) is 8.61. The number of rotatable bonds is 5. The minimum Gasteiger partial charge on any atom is -0.369 e. The van der Waals surface area contributed by atoms with Crippen LogP contribution < -0.4 is 10.6 Å². The van der Waals surface area contributed by atoms with Gasteiger partial charge in [-0.05, 0) is 31.0 Å². The number of carbonyl (C=O) groups excluding carboxylic acids is 2. The Morgan fingerprint density at radius 1 is 1.12 bits per heavy atom. The summed E-state index contributed by atoms with van der Waals surface area (Å²) in [6.07, 6.45) is 0.768. The van der Waals surface area contributed by atoms with Gasteiger partial charge in [-0.3, -0.25) is 14.5 Å². The third kappa shape index (κ3) is 4.25. The van der Waals surface area contributed by atoms with Crippen LogP contribution in [0.4, 0.5) is 5.69 Å². The molecule has 0 spiro atoms. The molecule has 1 unspecified atom stereocenters. The Hall–Kier alpha value is -2.66. The van der Waals surface area contributed by atoms with Gasteiger partial charge in [-0.2, -0.15) is 0 Å². The average Bonchev–Trinajstić information content (AvgIpc) is 2.58. The Bertz CT molecular complexity index is 743. The van der Waals surface area contributed by atoms with Gasteiger partial charge in [-0.25, -0.2) is 0 Å². The molecule has 1 aliphatic rings. The number of hydrogen-bond donors (Lipinski definition) is 1. The van der Waals surface area contributed by atoms with Crippen molar-refractivity contribution < 1.29 is 9.59 Å². The van der Waals surface area contributed by atoms with Crippen molar-refractivity contribution in [3.8, 4) is 0 Å². The van der Waals surface area contributed by atoms with E-state index >= 15 is 0 Å². The fourth-order valence-corrected chi connectivity index (χ4v) is 3.26. The zero-order valence-electron chi connectivity index (χ0n) is 14.4. The second-order valence-electron chi connectivity index (χ2n) is 6.55. The van der Waals surface area contributed by atoms with Gasteiger partial charge in [-0.1, -0.05) is 48.0 Å². The lowest BCUT2D eigenvalue weighted by atomic mass is 10.0. The molecule has 25 heavy (non-hydrogen) atoms. The first-order valence-corrected chi connectivity index (χ1v) is 8.46. The lowest BCUT2D eigenvalue weighted by Crippen LogP contribution is -2.58. The Balaban J connectivity index is 1.83. The van der Waals surface area contributed by atoms with Crippen LogP contribution >= 0.6 is 0 Å². The van der Waals surface area contributed by atoms with E-state index in [-0.39, 0.29) is 25.0 Å². The maximum atomic E-state index is 12.6. The molecule has 5 heteroatoms. The number of anilines is 1. The molecule has 0 saturated carbocycles. The van der Waals surface area contributed by atoms with Crippen molar-refractivity contribution in [2.75, 3.05) is 24.5 Å². The van der Waals surface area contributed by atoms with E-state index in [1.54, 1.807) is 0 Å². The molecule has 2 amide bonds. The van der Waals surface area contributed by atoms with Crippen LogP contribution in [0.2, 0.25) is 0 Å². The molecule has 1 aliphatic heterocycles. The van der Waals surface area contributed by atoms with Gasteiger partial charge < -0.3 is 10.6 Å². The molecule has 2 aromatic rings. The fraction of sp³-hybridized carbons (Fsp3) is 0.300. The minimum atomic E-state index is -0.408. The second-order valence-corrected chi connectivity index (χ2v) is 6.55. The highest BCUT2D eigenvalue weighted by Crippen LogP contribution is 2.22. The van der Waals surface area contributed by atoms with Crippen LogP contribution in [0.1, 0.15) is 11.1 Å². The second kappa shape index (κ2) is 7.49. The molecule has 2 aromatic carbocycles. The molecule has 0 radical (unpaired) electrons. The number of nitrogens with zero attached hydrogens (tertiary/aromatic N) is 2. The molecular weight excluding hydrogens is 314 g/mol. The Morgan fingerprint density at radius 3 is 2.44 bits per heavy atom. The number of nitrogens with two attached hydrogens (primary N) is 1. The SMILES string of the molecule is Cc1ccc(N2CC(Cc3ccccc3)N(CC(N)=O)CC2=O)cc1. The maximum absolute atomic E-state index is 12.6. The van der Waals surface area contributed by atoms with E-state index in [2.05, 4.69) is 12.1 Å². The van der Waals surface area contributed by atoms with Crippen LogP contribution in [0.25, 0.3) is 0 Å². The number of piperazine rings is 1. The molecule has 5 nitrogen and oxygen atoms in total. The van der Waals surface area contributed by atoms with E-state index in [0.717, 1.165) is 17.7 Å². The van der Waals surface area contributed by atoms with Gasteiger partial charge in [0.05, 0.1) is 13.1 Å². The van der Waals surface area contributed by atoms with Crippen LogP contribution in [-0.2, 0) is 16.0 Å². The van der Waals surface area contributed by atoms with Gasteiger partial charge in [0.1, 0.15) is 0 Å². The zero-order valence-corrected chi connectivity index (χ0v) is 14.4. The molecule has 3 rings (SSSR count). The third-order valence-electron chi connectivity index (χ3n) is 4.57. The van der Waals surface area contributed by atoms with Crippen LogP contribution in [0, 0.1) is 6.92 Å². The fourth-order valence-electron chi connectivity index (χ4n) is 3.26. The van der Waals surface area contributed by atoms with Crippen molar-refractivity contribution in [1.29, 1.82) is 0 Å². The Labute approximate surface area is 148 Å². The summed E-state index contributed by atoms with van der Waals surface area (Å²) in [5.74, 6) is -0.413. The average molecular weight is 337 g/mol. The summed E-state index contributed by atoms with van der Waals surface area (Å²) in [6.45, 7) is 2.87. The normalized spacial score (nSPS) is 18.4. The predicted octanol–water partition coefficient (Wildman–Crippen LogP) is 1.74. The summed E-state index contributed by atoms with van der Waals surface area (Å²) in [7, 11) is 0. The molecule has 0 aliphatic carbocycles. The Morgan fingerprint density at radius 2 is 1.80 bits per heavy atom. The summed E-state index contributed by atoms with van der Waals surface area (Å²) in [4.78, 5) is 27.7. The zero-order chi connectivity index (χ0) is 17.8. The number of benzene rings is 2. The number of amides is 2.